The number of nitrogens with two attached hydrogens (primary N) is 3. The van der Waals surface area contributed by atoms with Crippen molar-refractivity contribution >= 4 is 23.2 Å². The Morgan fingerprint density at radius 1 is 1.45 bits per heavy atom. The van der Waals surface area contributed by atoms with Gasteiger partial charge in [-0.2, -0.15) is 0 Å². The lowest BCUT2D eigenvalue weighted by atomic mass is 10.2. The minimum atomic E-state index is -0.798. The smallest absolute Gasteiger partial charge is 0.185 e. The molecule has 0 spiro atoms. The maximum absolute atomic E-state index is 9.02. The van der Waals surface area contributed by atoms with Crippen molar-refractivity contribution in [2.24, 2.45) is 22.2 Å². The number of aliphatic hydroxyl groups excluding tert-OH is 1. The molecule has 5 nitrogen and oxygen atoms in total. The van der Waals surface area contributed by atoms with E-state index in [1.807, 2.05) is 0 Å². The van der Waals surface area contributed by atoms with E-state index in [2.05, 4.69) is 17.2 Å². The standard InChI is InChI=1S/C5H12N4OS/c6-4(11)3(10)1-2-9-5(7)8/h3,10H,1-2H2,(H2,6,11)(H4,7,8,9). The van der Waals surface area contributed by atoms with Crippen LogP contribution >= 0.6 is 12.2 Å². The summed E-state index contributed by atoms with van der Waals surface area (Å²) < 4.78 is 0. The highest BCUT2D eigenvalue weighted by molar-refractivity contribution is 7.80. The van der Waals surface area contributed by atoms with E-state index in [-0.39, 0.29) is 10.9 Å². The van der Waals surface area contributed by atoms with E-state index in [9.17, 15) is 0 Å². The first-order chi connectivity index (χ1) is 5.04. The average molecular weight is 176 g/mol. The van der Waals surface area contributed by atoms with Gasteiger partial charge in [0.05, 0.1) is 0 Å². The van der Waals surface area contributed by atoms with Crippen LogP contribution in [0.1, 0.15) is 6.42 Å². The first kappa shape index (κ1) is 10.1. The van der Waals surface area contributed by atoms with Gasteiger partial charge in [0.2, 0.25) is 0 Å². The zero-order chi connectivity index (χ0) is 8.85. The zero-order valence-corrected chi connectivity index (χ0v) is 6.84. The van der Waals surface area contributed by atoms with Gasteiger partial charge in [0, 0.05) is 6.54 Å². The van der Waals surface area contributed by atoms with Gasteiger partial charge < -0.3 is 22.3 Å². The molecule has 0 radical (unpaired) electrons. The van der Waals surface area contributed by atoms with E-state index >= 15 is 0 Å². The Bertz CT molecular complexity index is 166. The molecule has 0 amide bonds. The van der Waals surface area contributed by atoms with Crippen LogP contribution in [0.4, 0.5) is 0 Å². The summed E-state index contributed by atoms with van der Waals surface area (Å²) in [5.41, 5.74) is 15.2. The third-order valence-electron chi connectivity index (χ3n) is 1.03. The lowest BCUT2D eigenvalue weighted by molar-refractivity contribution is 0.235. The molecule has 0 aliphatic rings. The van der Waals surface area contributed by atoms with Gasteiger partial charge in [-0.25, -0.2) is 0 Å². The molecule has 0 aliphatic heterocycles. The number of nitrogens with zero attached hydrogens (tertiary/aromatic N) is 1. The van der Waals surface area contributed by atoms with E-state index in [1.165, 1.54) is 0 Å². The summed E-state index contributed by atoms with van der Waals surface area (Å²) in [6.07, 6.45) is -0.444. The van der Waals surface area contributed by atoms with Crippen LogP contribution in [0.25, 0.3) is 0 Å². The molecule has 0 aromatic heterocycles. The molecule has 6 heteroatoms. The van der Waals surface area contributed by atoms with E-state index in [4.69, 9.17) is 22.3 Å². The Kier molecular flexibility index (Phi) is 4.47. The van der Waals surface area contributed by atoms with Crippen molar-refractivity contribution in [3.05, 3.63) is 0 Å². The molecule has 7 N–H and O–H groups in total. The van der Waals surface area contributed by atoms with Crippen LogP contribution in [-0.4, -0.2) is 28.7 Å². The molecule has 1 unspecified atom stereocenters. The van der Waals surface area contributed by atoms with Crippen molar-refractivity contribution in [3.8, 4) is 0 Å². The van der Waals surface area contributed by atoms with Gasteiger partial charge in [0.25, 0.3) is 0 Å². The second-order valence-corrected chi connectivity index (χ2v) is 2.48. The van der Waals surface area contributed by atoms with Crippen LogP contribution in [0.15, 0.2) is 4.99 Å². The molecule has 0 saturated heterocycles. The number of guanidine groups is 1. The summed E-state index contributed by atoms with van der Waals surface area (Å²) in [7, 11) is 0. The summed E-state index contributed by atoms with van der Waals surface area (Å²) in [6.45, 7) is 0.334. The first-order valence-corrected chi connectivity index (χ1v) is 3.47. The normalized spacial score (nSPS) is 12.1. The molecule has 0 saturated carbocycles. The monoisotopic (exact) mass is 176 g/mol. The third-order valence-corrected chi connectivity index (χ3v) is 1.30. The molecular weight excluding hydrogens is 164 g/mol. The second kappa shape index (κ2) is 4.86. The van der Waals surface area contributed by atoms with E-state index in [0.717, 1.165) is 0 Å². The second-order valence-electron chi connectivity index (χ2n) is 2.01. The highest BCUT2D eigenvalue weighted by Crippen LogP contribution is 1.91. The molecule has 0 heterocycles. The largest absolute Gasteiger partial charge is 0.391 e. The van der Waals surface area contributed by atoms with E-state index < -0.39 is 6.10 Å². The lowest BCUT2D eigenvalue weighted by Crippen LogP contribution is -2.28. The molecule has 64 valence electrons. The number of rotatable bonds is 4. The van der Waals surface area contributed by atoms with Crippen LogP contribution in [0.3, 0.4) is 0 Å². The molecular formula is C5H12N4OS. The fourth-order valence-corrected chi connectivity index (χ4v) is 0.576. The molecule has 1 atom stereocenters. The first-order valence-electron chi connectivity index (χ1n) is 3.07. The number of aliphatic imine (C=N–C) groups is 1. The molecule has 0 bridgehead atoms. The molecule has 0 aliphatic carbocycles. The van der Waals surface area contributed by atoms with Crippen LogP contribution < -0.4 is 17.2 Å². The van der Waals surface area contributed by atoms with Gasteiger partial charge >= 0.3 is 0 Å². The van der Waals surface area contributed by atoms with Crippen molar-refractivity contribution in [3.63, 3.8) is 0 Å². The summed E-state index contributed by atoms with van der Waals surface area (Å²) in [5, 5.41) is 9.02. The van der Waals surface area contributed by atoms with Gasteiger partial charge in [-0.1, -0.05) is 12.2 Å². The Morgan fingerprint density at radius 2 is 2.00 bits per heavy atom. The van der Waals surface area contributed by atoms with Crippen molar-refractivity contribution in [2.75, 3.05) is 6.54 Å². The molecule has 0 aromatic carbocycles. The minimum Gasteiger partial charge on any atom is -0.391 e. The number of hydrogen-bond acceptors (Lipinski definition) is 3. The predicted molar refractivity (Wildman–Crippen MR) is 48.1 cm³/mol. The van der Waals surface area contributed by atoms with Crippen LogP contribution in [0.2, 0.25) is 0 Å². The highest BCUT2D eigenvalue weighted by atomic mass is 32.1. The molecule has 0 aromatic rings. The van der Waals surface area contributed by atoms with Crippen molar-refractivity contribution in [1.82, 2.24) is 0 Å². The Balaban J connectivity index is 3.55. The van der Waals surface area contributed by atoms with Crippen molar-refractivity contribution < 1.29 is 5.11 Å². The summed E-state index contributed by atoms with van der Waals surface area (Å²) in [6, 6.07) is 0. The maximum Gasteiger partial charge on any atom is 0.185 e. The van der Waals surface area contributed by atoms with E-state index in [0.29, 0.717) is 13.0 Å². The van der Waals surface area contributed by atoms with Crippen molar-refractivity contribution in [2.45, 2.75) is 12.5 Å². The number of thiocarbonyl (C=S) groups is 1. The third kappa shape index (κ3) is 5.56. The Labute approximate surface area is 70.3 Å². The van der Waals surface area contributed by atoms with Gasteiger partial charge in [0.1, 0.15) is 11.1 Å². The van der Waals surface area contributed by atoms with Crippen LogP contribution in [-0.2, 0) is 0 Å². The SMILES string of the molecule is NC(=S)C(O)CCN=C(N)N. The lowest BCUT2D eigenvalue weighted by Gasteiger charge is -2.04. The highest BCUT2D eigenvalue weighted by Gasteiger charge is 2.04. The van der Waals surface area contributed by atoms with Gasteiger partial charge in [-0.05, 0) is 6.42 Å². The fraction of sp³-hybridized carbons (Fsp3) is 0.600. The van der Waals surface area contributed by atoms with Gasteiger partial charge in [-0.3, -0.25) is 4.99 Å². The summed E-state index contributed by atoms with van der Waals surface area (Å²) in [5.74, 6) is 0.000129. The Hall–Kier alpha value is -0.880. The molecule has 11 heavy (non-hydrogen) atoms. The molecule has 0 rings (SSSR count). The van der Waals surface area contributed by atoms with Crippen LogP contribution in [0.5, 0.6) is 0 Å². The van der Waals surface area contributed by atoms with Gasteiger partial charge in [-0.15, -0.1) is 0 Å². The maximum atomic E-state index is 9.02. The number of aliphatic hydroxyl groups is 1. The fourth-order valence-electron chi connectivity index (χ4n) is 0.458. The minimum absolute atomic E-state index is 0.000129. The van der Waals surface area contributed by atoms with Crippen LogP contribution in [0, 0.1) is 0 Å². The zero-order valence-electron chi connectivity index (χ0n) is 6.03. The number of hydrogen-bond donors (Lipinski definition) is 4. The quantitative estimate of drug-likeness (QED) is 0.232. The topological polar surface area (TPSA) is 111 Å². The average Bonchev–Trinajstić information content (AvgIpc) is 1.86. The van der Waals surface area contributed by atoms with Gasteiger partial charge in [0.15, 0.2) is 5.96 Å². The predicted octanol–water partition coefficient (Wildman–Crippen LogP) is -1.70. The van der Waals surface area contributed by atoms with Crippen molar-refractivity contribution in [1.29, 1.82) is 0 Å². The summed E-state index contributed by atoms with van der Waals surface area (Å²) in [4.78, 5) is 3.71. The van der Waals surface area contributed by atoms with E-state index in [1.54, 1.807) is 0 Å². The molecule has 0 fully saturated rings. The summed E-state index contributed by atoms with van der Waals surface area (Å²) >= 11 is 4.51. The Morgan fingerprint density at radius 3 is 2.36 bits per heavy atom.